The van der Waals surface area contributed by atoms with Crippen molar-refractivity contribution in [1.82, 2.24) is 16.0 Å². The predicted octanol–water partition coefficient (Wildman–Crippen LogP) is 1.58. The Morgan fingerprint density at radius 2 is 2.06 bits per heavy atom. The first-order chi connectivity index (χ1) is 8.61. The minimum atomic E-state index is 0.540. The standard InChI is InChI=1S/C15H29N3/c1-10(2)5-12(8-16-4)14-9-18-15-13(14)6-11(3)7-17-15/h5,10-11,13-18H,6-9H2,1-4H3/b12-5+. The summed E-state index contributed by atoms with van der Waals surface area (Å²) in [6.45, 7) is 10.2. The van der Waals surface area contributed by atoms with E-state index in [4.69, 9.17) is 0 Å². The summed E-state index contributed by atoms with van der Waals surface area (Å²) in [4.78, 5) is 0. The summed E-state index contributed by atoms with van der Waals surface area (Å²) in [5.74, 6) is 2.93. The molecule has 3 N–H and O–H groups in total. The molecule has 3 nitrogen and oxygen atoms in total. The second-order valence-electron chi connectivity index (χ2n) is 6.42. The molecule has 0 radical (unpaired) electrons. The van der Waals surface area contributed by atoms with Crippen LogP contribution in [-0.4, -0.2) is 32.8 Å². The normalized spacial score (nSPS) is 37.1. The van der Waals surface area contributed by atoms with E-state index in [-0.39, 0.29) is 0 Å². The van der Waals surface area contributed by atoms with E-state index in [0.717, 1.165) is 31.5 Å². The molecular formula is C15H29N3. The molecule has 2 fully saturated rings. The third-order valence-corrected chi connectivity index (χ3v) is 4.27. The fourth-order valence-electron chi connectivity index (χ4n) is 3.54. The monoisotopic (exact) mass is 251 g/mol. The Kier molecular flexibility index (Phi) is 4.82. The number of piperidine rings is 1. The Morgan fingerprint density at radius 3 is 2.72 bits per heavy atom. The second-order valence-corrected chi connectivity index (χ2v) is 6.42. The van der Waals surface area contributed by atoms with Gasteiger partial charge in [0.25, 0.3) is 0 Å². The summed E-state index contributed by atoms with van der Waals surface area (Å²) >= 11 is 0. The second kappa shape index (κ2) is 6.18. The Bertz CT molecular complexity index is 298. The topological polar surface area (TPSA) is 36.1 Å². The van der Waals surface area contributed by atoms with E-state index >= 15 is 0 Å². The number of fused-ring (bicyclic) bond motifs is 1. The zero-order valence-corrected chi connectivity index (χ0v) is 12.3. The first-order valence-electron chi connectivity index (χ1n) is 7.43. The number of likely N-dealkylation sites (N-methyl/N-ethyl adjacent to an activating group) is 1. The number of nitrogens with one attached hydrogen (secondary N) is 3. The van der Waals surface area contributed by atoms with E-state index in [1.54, 1.807) is 5.57 Å². The first kappa shape index (κ1) is 14.0. The van der Waals surface area contributed by atoms with Gasteiger partial charge >= 0.3 is 0 Å². The van der Waals surface area contributed by atoms with Gasteiger partial charge in [-0.25, -0.2) is 0 Å². The molecule has 0 amide bonds. The van der Waals surface area contributed by atoms with Crippen LogP contribution in [0.5, 0.6) is 0 Å². The number of hydrogen-bond acceptors (Lipinski definition) is 3. The molecule has 3 heteroatoms. The summed E-state index contributed by atoms with van der Waals surface area (Å²) in [5, 5.41) is 10.7. The average Bonchev–Trinajstić information content (AvgIpc) is 2.70. The predicted molar refractivity (Wildman–Crippen MR) is 77.4 cm³/mol. The quantitative estimate of drug-likeness (QED) is 0.664. The van der Waals surface area contributed by atoms with E-state index in [0.29, 0.717) is 18.0 Å². The lowest BCUT2D eigenvalue weighted by molar-refractivity contribution is 0.219. The minimum Gasteiger partial charge on any atom is -0.316 e. The Morgan fingerprint density at radius 1 is 1.33 bits per heavy atom. The smallest absolute Gasteiger partial charge is 0.0607 e. The van der Waals surface area contributed by atoms with Crippen LogP contribution in [0.25, 0.3) is 0 Å². The summed E-state index contributed by atoms with van der Waals surface area (Å²) in [6.07, 6.45) is 4.36. The van der Waals surface area contributed by atoms with E-state index < -0.39 is 0 Å². The van der Waals surface area contributed by atoms with Crippen LogP contribution in [0.15, 0.2) is 11.6 Å². The third kappa shape index (κ3) is 3.14. The van der Waals surface area contributed by atoms with E-state index in [1.807, 2.05) is 0 Å². The van der Waals surface area contributed by atoms with E-state index in [1.165, 1.54) is 6.42 Å². The molecule has 0 aliphatic carbocycles. The van der Waals surface area contributed by atoms with Gasteiger partial charge in [0.1, 0.15) is 0 Å². The van der Waals surface area contributed by atoms with Crippen molar-refractivity contribution >= 4 is 0 Å². The number of rotatable bonds is 4. The van der Waals surface area contributed by atoms with Crippen LogP contribution >= 0.6 is 0 Å². The van der Waals surface area contributed by atoms with Gasteiger partial charge in [-0.3, -0.25) is 0 Å². The van der Waals surface area contributed by atoms with Crippen molar-refractivity contribution in [2.45, 2.75) is 33.4 Å². The molecule has 104 valence electrons. The van der Waals surface area contributed by atoms with Crippen LogP contribution in [0.4, 0.5) is 0 Å². The van der Waals surface area contributed by atoms with Gasteiger partial charge in [-0.05, 0) is 43.7 Å². The van der Waals surface area contributed by atoms with E-state index in [2.05, 4.69) is 49.8 Å². The maximum atomic E-state index is 3.66. The van der Waals surface area contributed by atoms with Crippen LogP contribution in [0.3, 0.4) is 0 Å². The van der Waals surface area contributed by atoms with Crippen molar-refractivity contribution in [2.24, 2.45) is 23.7 Å². The van der Waals surface area contributed by atoms with Gasteiger partial charge in [0.05, 0.1) is 6.17 Å². The minimum absolute atomic E-state index is 0.540. The molecule has 0 saturated carbocycles. The molecule has 4 atom stereocenters. The molecule has 0 aromatic heterocycles. The molecule has 18 heavy (non-hydrogen) atoms. The Balaban J connectivity index is 2.10. The highest BCUT2D eigenvalue weighted by atomic mass is 15.2. The van der Waals surface area contributed by atoms with Crippen LogP contribution in [0.2, 0.25) is 0 Å². The molecule has 2 rings (SSSR count). The Hall–Kier alpha value is -0.380. The zero-order chi connectivity index (χ0) is 13.1. The van der Waals surface area contributed by atoms with Gasteiger partial charge in [-0.1, -0.05) is 32.4 Å². The van der Waals surface area contributed by atoms with Gasteiger partial charge in [-0.15, -0.1) is 0 Å². The highest BCUT2D eigenvalue weighted by Gasteiger charge is 2.40. The van der Waals surface area contributed by atoms with E-state index in [9.17, 15) is 0 Å². The average molecular weight is 251 g/mol. The summed E-state index contributed by atoms with van der Waals surface area (Å²) in [6, 6.07) is 0. The summed E-state index contributed by atoms with van der Waals surface area (Å²) < 4.78 is 0. The van der Waals surface area contributed by atoms with Crippen molar-refractivity contribution in [3.63, 3.8) is 0 Å². The van der Waals surface area contributed by atoms with Crippen LogP contribution < -0.4 is 16.0 Å². The number of allylic oxidation sites excluding steroid dienone is 1. The summed E-state index contributed by atoms with van der Waals surface area (Å²) in [7, 11) is 2.05. The molecule has 4 unspecified atom stereocenters. The fourth-order valence-corrected chi connectivity index (χ4v) is 3.54. The van der Waals surface area contributed by atoms with Crippen molar-refractivity contribution in [2.75, 3.05) is 26.7 Å². The molecule has 0 aromatic rings. The maximum absolute atomic E-state index is 3.66. The highest BCUT2D eigenvalue weighted by Crippen LogP contribution is 2.35. The van der Waals surface area contributed by atoms with Gasteiger partial charge < -0.3 is 16.0 Å². The molecule has 0 aromatic carbocycles. The molecular weight excluding hydrogens is 222 g/mol. The molecule has 0 spiro atoms. The van der Waals surface area contributed by atoms with Crippen molar-refractivity contribution in [3.8, 4) is 0 Å². The SMILES string of the molecule is CNC/C(=C\C(C)C)C1CNC2NCC(C)CC21. The number of hydrogen-bond donors (Lipinski definition) is 3. The van der Waals surface area contributed by atoms with Crippen LogP contribution in [0, 0.1) is 23.7 Å². The Labute approximate surface area is 112 Å². The van der Waals surface area contributed by atoms with Crippen LogP contribution in [-0.2, 0) is 0 Å². The lowest BCUT2D eigenvalue weighted by Crippen LogP contribution is -2.48. The first-order valence-corrected chi connectivity index (χ1v) is 7.43. The molecule has 2 aliphatic rings. The fraction of sp³-hybridized carbons (Fsp3) is 0.867. The lowest BCUT2D eigenvalue weighted by Gasteiger charge is -2.34. The van der Waals surface area contributed by atoms with Crippen LogP contribution in [0.1, 0.15) is 27.2 Å². The lowest BCUT2D eigenvalue weighted by atomic mass is 9.78. The van der Waals surface area contributed by atoms with Crippen molar-refractivity contribution in [1.29, 1.82) is 0 Å². The van der Waals surface area contributed by atoms with Gasteiger partial charge in [0, 0.05) is 13.1 Å². The van der Waals surface area contributed by atoms with Gasteiger partial charge in [0.2, 0.25) is 0 Å². The molecule has 2 saturated heterocycles. The molecule has 2 aliphatic heterocycles. The summed E-state index contributed by atoms with van der Waals surface area (Å²) in [5.41, 5.74) is 1.60. The van der Waals surface area contributed by atoms with Crippen molar-refractivity contribution in [3.05, 3.63) is 11.6 Å². The highest BCUT2D eigenvalue weighted by molar-refractivity contribution is 5.16. The van der Waals surface area contributed by atoms with Gasteiger partial charge in [-0.2, -0.15) is 0 Å². The zero-order valence-electron chi connectivity index (χ0n) is 12.3. The largest absolute Gasteiger partial charge is 0.316 e. The maximum Gasteiger partial charge on any atom is 0.0607 e. The molecule has 0 bridgehead atoms. The van der Waals surface area contributed by atoms with Crippen molar-refractivity contribution < 1.29 is 0 Å². The third-order valence-electron chi connectivity index (χ3n) is 4.27. The molecule has 2 heterocycles. The van der Waals surface area contributed by atoms with Gasteiger partial charge in [0.15, 0.2) is 0 Å².